The van der Waals surface area contributed by atoms with E-state index in [1.54, 1.807) is 13.8 Å². The molecule has 29 heavy (non-hydrogen) atoms. The lowest BCUT2D eigenvalue weighted by Crippen LogP contribution is -2.49. The summed E-state index contributed by atoms with van der Waals surface area (Å²) in [4.78, 5) is 18.1. The van der Waals surface area contributed by atoms with Crippen molar-refractivity contribution in [3.63, 3.8) is 0 Å². The molecule has 0 aliphatic carbocycles. The van der Waals surface area contributed by atoms with Gasteiger partial charge < -0.3 is 19.8 Å². The highest BCUT2D eigenvalue weighted by molar-refractivity contribution is 5.80. The van der Waals surface area contributed by atoms with Gasteiger partial charge in [0.1, 0.15) is 11.5 Å². The third kappa shape index (κ3) is 3.95. The highest BCUT2D eigenvalue weighted by atomic mass is 16.7. The predicted octanol–water partition coefficient (Wildman–Crippen LogP) is 3.57. The Morgan fingerprint density at radius 1 is 1.17 bits per heavy atom. The van der Waals surface area contributed by atoms with Crippen LogP contribution < -0.4 is 10.2 Å². The van der Waals surface area contributed by atoms with Gasteiger partial charge in [0.05, 0.1) is 12.1 Å². The van der Waals surface area contributed by atoms with E-state index in [9.17, 15) is 15.0 Å². The third-order valence-corrected chi connectivity index (χ3v) is 5.90. The van der Waals surface area contributed by atoms with E-state index in [1.807, 2.05) is 51.1 Å². The first-order chi connectivity index (χ1) is 13.7. The van der Waals surface area contributed by atoms with Gasteiger partial charge in [0.25, 0.3) is 0 Å². The first-order valence-electron chi connectivity index (χ1n) is 9.86. The largest absolute Gasteiger partial charge is 0.507 e. The van der Waals surface area contributed by atoms with Crippen LogP contribution in [0.1, 0.15) is 54.2 Å². The van der Waals surface area contributed by atoms with Crippen molar-refractivity contribution >= 4 is 5.97 Å². The Morgan fingerprint density at radius 2 is 1.83 bits per heavy atom. The highest BCUT2D eigenvalue weighted by Crippen LogP contribution is 2.43. The summed E-state index contributed by atoms with van der Waals surface area (Å²) in [5.74, 6) is 0.375. The number of hydrogen-bond donors (Lipinski definition) is 3. The van der Waals surface area contributed by atoms with Gasteiger partial charge >= 0.3 is 5.97 Å². The fourth-order valence-corrected chi connectivity index (χ4v) is 3.65. The lowest BCUT2D eigenvalue weighted by atomic mass is 9.87. The van der Waals surface area contributed by atoms with E-state index in [2.05, 4.69) is 5.48 Å². The molecule has 0 fully saturated rings. The van der Waals surface area contributed by atoms with Gasteiger partial charge in [0, 0.05) is 12.0 Å². The van der Waals surface area contributed by atoms with Crippen molar-refractivity contribution in [3.8, 4) is 11.5 Å². The fraction of sp³-hybridized carbons (Fsp3) is 0.435. The zero-order chi connectivity index (χ0) is 21.3. The molecule has 0 saturated heterocycles. The van der Waals surface area contributed by atoms with Crippen molar-refractivity contribution in [2.45, 2.75) is 65.2 Å². The van der Waals surface area contributed by atoms with E-state index in [-0.39, 0.29) is 5.75 Å². The van der Waals surface area contributed by atoms with E-state index in [0.717, 1.165) is 27.8 Å². The number of carbonyl (C=O) groups is 1. The van der Waals surface area contributed by atoms with Crippen LogP contribution in [0.5, 0.6) is 11.5 Å². The van der Waals surface area contributed by atoms with Crippen LogP contribution in [-0.2, 0) is 16.1 Å². The van der Waals surface area contributed by atoms with Crippen LogP contribution in [0, 0.1) is 20.8 Å². The topological polar surface area (TPSA) is 88.0 Å². The number of nitrogens with one attached hydrogen (secondary N) is 1. The molecule has 0 bridgehead atoms. The van der Waals surface area contributed by atoms with Gasteiger partial charge in [-0.2, -0.15) is 0 Å². The van der Waals surface area contributed by atoms with Crippen molar-refractivity contribution < 1.29 is 24.6 Å². The maximum Gasteiger partial charge on any atom is 0.368 e. The molecule has 3 N–H and O–H groups in total. The fourth-order valence-electron chi connectivity index (χ4n) is 3.65. The average molecular weight is 399 g/mol. The number of ether oxygens (including phenoxy) is 1. The molecule has 0 saturated carbocycles. The van der Waals surface area contributed by atoms with Gasteiger partial charge in [-0.1, -0.05) is 30.3 Å². The van der Waals surface area contributed by atoms with E-state index < -0.39 is 23.7 Å². The van der Waals surface area contributed by atoms with Crippen molar-refractivity contribution in [2.24, 2.45) is 0 Å². The number of aromatic hydroxyl groups is 1. The molecule has 1 aliphatic rings. The molecule has 0 unspecified atom stereocenters. The first-order valence-corrected chi connectivity index (χ1v) is 9.86. The summed E-state index contributed by atoms with van der Waals surface area (Å²) >= 11 is 0. The minimum Gasteiger partial charge on any atom is -0.507 e. The standard InChI is InChI=1S/C23H29NO5/c1-13-14(2)21-18(15(3)19(13)25)11-12-23(5,28-21)22(27)29-24-16(4)20(26)17-9-7-6-8-10-17/h6-10,16,20,24-26H,11-12H2,1-5H3/t16-,20+,23-/m1/s1. The van der Waals surface area contributed by atoms with Gasteiger partial charge in [0.15, 0.2) is 0 Å². The summed E-state index contributed by atoms with van der Waals surface area (Å²) in [5.41, 5.74) is 5.52. The molecule has 0 radical (unpaired) electrons. The first kappa shape index (κ1) is 21.1. The van der Waals surface area contributed by atoms with E-state index in [4.69, 9.17) is 9.57 Å². The Labute approximate surface area is 171 Å². The molecular formula is C23H29NO5. The molecule has 6 nitrogen and oxygen atoms in total. The summed E-state index contributed by atoms with van der Waals surface area (Å²) in [5, 5.41) is 20.7. The van der Waals surface area contributed by atoms with E-state index >= 15 is 0 Å². The zero-order valence-electron chi connectivity index (χ0n) is 17.6. The third-order valence-electron chi connectivity index (χ3n) is 5.90. The van der Waals surface area contributed by atoms with Gasteiger partial charge in [-0.05, 0) is 63.3 Å². The van der Waals surface area contributed by atoms with Crippen molar-refractivity contribution in [3.05, 3.63) is 58.1 Å². The Hall–Kier alpha value is -2.57. The van der Waals surface area contributed by atoms with Crippen molar-refractivity contribution in [2.75, 3.05) is 0 Å². The second-order valence-corrected chi connectivity index (χ2v) is 8.02. The summed E-state index contributed by atoms with van der Waals surface area (Å²) < 4.78 is 6.12. The summed E-state index contributed by atoms with van der Waals surface area (Å²) in [6.07, 6.45) is 0.211. The van der Waals surface area contributed by atoms with Gasteiger partial charge in [-0.25, -0.2) is 4.79 Å². The Balaban J connectivity index is 1.71. The lowest BCUT2D eigenvalue weighted by molar-refractivity contribution is -0.173. The molecule has 1 heterocycles. The van der Waals surface area contributed by atoms with Gasteiger partial charge in [-0.15, -0.1) is 5.48 Å². The number of phenolic OH excluding ortho intramolecular Hbond substituents is 1. The summed E-state index contributed by atoms with van der Waals surface area (Å²) in [6.45, 7) is 9.01. The Kier molecular flexibility index (Phi) is 5.87. The normalized spacial score (nSPS) is 20.3. The molecular weight excluding hydrogens is 370 g/mol. The van der Waals surface area contributed by atoms with Crippen LogP contribution in [0.4, 0.5) is 0 Å². The van der Waals surface area contributed by atoms with Crippen molar-refractivity contribution in [1.29, 1.82) is 0 Å². The van der Waals surface area contributed by atoms with Crippen LogP contribution in [0.15, 0.2) is 30.3 Å². The molecule has 0 aromatic heterocycles. The molecule has 2 aromatic rings. The lowest BCUT2D eigenvalue weighted by Gasteiger charge is -2.36. The van der Waals surface area contributed by atoms with Crippen LogP contribution in [0.25, 0.3) is 0 Å². The molecule has 0 amide bonds. The van der Waals surface area contributed by atoms with E-state index in [1.165, 1.54) is 0 Å². The quantitative estimate of drug-likeness (QED) is 0.666. The van der Waals surface area contributed by atoms with Crippen LogP contribution >= 0.6 is 0 Å². The van der Waals surface area contributed by atoms with E-state index in [0.29, 0.717) is 18.6 Å². The molecule has 0 spiro atoms. The van der Waals surface area contributed by atoms with Crippen LogP contribution in [0.2, 0.25) is 0 Å². The zero-order valence-corrected chi connectivity index (χ0v) is 17.6. The van der Waals surface area contributed by atoms with Crippen LogP contribution in [0.3, 0.4) is 0 Å². The van der Waals surface area contributed by atoms with Crippen LogP contribution in [-0.4, -0.2) is 27.8 Å². The van der Waals surface area contributed by atoms with Gasteiger partial charge in [0.2, 0.25) is 5.60 Å². The maximum absolute atomic E-state index is 12.8. The summed E-state index contributed by atoms with van der Waals surface area (Å²) in [6, 6.07) is 8.69. The van der Waals surface area contributed by atoms with Crippen molar-refractivity contribution in [1.82, 2.24) is 5.48 Å². The second kappa shape index (κ2) is 8.05. The molecule has 3 rings (SSSR count). The smallest absolute Gasteiger partial charge is 0.368 e. The molecule has 3 atom stereocenters. The number of hydrogen-bond acceptors (Lipinski definition) is 6. The molecule has 6 heteroatoms. The number of hydroxylamine groups is 1. The molecule has 156 valence electrons. The summed E-state index contributed by atoms with van der Waals surface area (Å²) in [7, 11) is 0. The maximum atomic E-state index is 12.8. The number of benzene rings is 2. The number of aliphatic hydroxyl groups excluding tert-OH is 1. The van der Waals surface area contributed by atoms with Gasteiger partial charge in [-0.3, -0.25) is 0 Å². The number of phenols is 1. The number of rotatable bonds is 5. The minimum atomic E-state index is -1.15. The average Bonchev–Trinajstić information content (AvgIpc) is 2.74. The number of fused-ring (bicyclic) bond motifs is 1. The second-order valence-electron chi connectivity index (χ2n) is 8.02. The number of carbonyl (C=O) groups excluding carboxylic acids is 1. The predicted molar refractivity (Wildman–Crippen MR) is 110 cm³/mol. The Bertz CT molecular complexity index is 911. The Morgan fingerprint density at radius 3 is 2.48 bits per heavy atom. The molecule has 2 aromatic carbocycles. The monoisotopic (exact) mass is 399 g/mol. The SMILES string of the molecule is Cc1c(C)c2c(c(C)c1O)CC[C@](C)(C(=O)ON[C@H](C)[C@H](O)c1ccccc1)O2. The minimum absolute atomic E-state index is 0.279. The molecule has 1 aliphatic heterocycles. The number of aliphatic hydroxyl groups is 1. The highest BCUT2D eigenvalue weighted by Gasteiger charge is 2.42.